The summed E-state index contributed by atoms with van der Waals surface area (Å²) < 4.78 is 52.0. The Morgan fingerprint density at radius 3 is 1.96 bits per heavy atom. The Bertz CT molecular complexity index is 836. The van der Waals surface area contributed by atoms with Crippen LogP contribution in [0.4, 0.5) is 5.69 Å². The first kappa shape index (κ1) is 17.5. The molecule has 0 saturated carbocycles. The maximum absolute atomic E-state index is 12.2. The van der Waals surface area contributed by atoms with Crippen LogP contribution in [0.25, 0.3) is 0 Å². The van der Waals surface area contributed by atoms with Gasteiger partial charge < -0.3 is 0 Å². The average Bonchev–Trinajstić information content (AvgIpc) is 2.55. The van der Waals surface area contributed by atoms with Crippen LogP contribution >= 0.6 is 0 Å². The number of benzene rings is 2. The number of para-hydroxylation sites is 1. The summed E-state index contributed by atoms with van der Waals surface area (Å²) in [5.41, 5.74) is 0.526. The molecule has 0 aromatic heterocycles. The highest BCUT2D eigenvalue weighted by Gasteiger charge is 2.20. The van der Waals surface area contributed by atoms with Gasteiger partial charge in [-0.25, -0.2) is 21.6 Å². The van der Waals surface area contributed by atoms with E-state index in [1.807, 2.05) is 0 Å². The first-order valence-electron chi connectivity index (χ1n) is 6.89. The van der Waals surface area contributed by atoms with E-state index in [-0.39, 0.29) is 17.2 Å². The van der Waals surface area contributed by atoms with Crippen molar-refractivity contribution in [2.75, 3.05) is 23.7 Å². The summed E-state index contributed by atoms with van der Waals surface area (Å²) in [6, 6.07) is 16.4. The van der Waals surface area contributed by atoms with Crippen molar-refractivity contribution in [2.24, 2.45) is 0 Å². The number of nitrogens with one attached hydrogen (secondary N) is 1. The molecule has 0 saturated heterocycles. The highest BCUT2D eigenvalue weighted by atomic mass is 32.2. The van der Waals surface area contributed by atoms with Crippen molar-refractivity contribution in [3.05, 3.63) is 60.7 Å². The molecular formula is C15H18N2O4S2. The Morgan fingerprint density at radius 2 is 1.39 bits per heavy atom. The minimum atomic E-state index is -3.71. The standard InChI is InChI=1S/C15H18N2O4S2/c1-17(14-8-4-2-5-9-14)22(18,19)13-12-16-23(20,21)15-10-6-3-7-11-15/h2-11,16H,12-13H2,1H3. The molecule has 0 amide bonds. The van der Waals surface area contributed by atoms with E-state index < -0.39 is 20.0 Å². The van der Waals surface area contributed by atoms with Crippen LogP contribution in [0.2, 0.25) is 0 Å². The molecule has 0 spiro atoms. The van der Waals surface area contributed by atoms with Gasteiger partial charge >= 0.3 is 0 Å². The summed E-state index contributed by atoms with van der Waals surface area (Å²) in [5.74, 6) is -0.329. The molecule has 2 aromatic rings. The van der Waals surface area contributed by atoms with Crippen molar-refractivity contribution >= 4 is 25.7 Å². The molecule has 124 valence electrons. The van der Waals surface area contributed by atoms with Gasteiger partial charge in [0.05, 0.1) is 16.3 Å². The van der Waals surface area contributed by atoms with Gasteiger partial charge in [-0.15, -0.1) is 0 Å². The Labute approximate surface area is 136 Å². The minimum Gasteiger partial charge on any atom is -0.273 e. The topological polar surface area (TPSA) is 83.6 Å². The summed E-state index contributed by atoms with van der Waals surface area (Å²) in [6.45, 7) is -0.198. The molecule has 0 heterocycles. The third-order valence-corrected chi connectivity index (χ3v) is 6.48. The number of anilines is 1. The van der Waals surface area contributed by atoms with E-state index in [9.17, 15) is 16.8 Å². The van der Waals surface area contributed by atoms with Gasteiger partial charge in [0.2, 0.25) is 20.0 Å². The first-order valence-corrected chi connectivity index (χ1v) is 9.98. The molecule has 6 nitrogen and oxygen atoms in total. The first-order chi connectivity index (χ1) is 10.8. The maximum Gasteiger partial charge on any atom is 0.240 e. The van der Waals surface area contributed by atoms with Crippen LogP contribution in [0.5, 0.6) is 0 Å². The lowest BCUT2D eigenvalue weighted by Crippen LogP contribution is -2.35. The zero-order valence-corrected chi connectivity index (χ0v) is 14.2. The van der Waals surface area contributed by atoms with Gasteiger partial charge in [0.15, 0.2) is 0 Å². The second kappa shape index (κ2) is 7.12. The van der Waals surface area contributed by atoms with Crippen molar-refractivity contribution in [1.82, 2.24) is 4.72 Å². The normalized spacial score (nSPS) is 12.0. The Morgan fingerprint density at radius 1 is 0.870 bits per heavy atom. The predicted molar refractivity (Wildman–Crippen MR) is 90.3 cm³/mol. The van der Waals surface area contributed by atoms with E-state index in [0.29, 0.717) is 5.69 Å². The molecule has 0 atom stereocenters. The van der Waals surface area contributed by atoms with E-state index >= 15 is 0 Å². The van der Waals surface area contributed by atoms with Gasteiger partial charge in [-0.05, 0) is 24.3 Å². The maximum atomic E-state index is 12.2. The highest BCUT2D eigenvalue weighted by molar-refractivity contribution is 7.93. The molecule has 0 unspecified atom stereocenters. The number of nitrogens with zero attached hydrogens (tertiary/aromatic N) is 1. The SMILES string of the molecule is CN(c1ccccc1)S(=O)(=O)CCNS(=O)(=O)c1ccccc1. The second-order valence-electron chi connectivity index (χ2n) is 4.83. The molecule has 8 heteroatoms. The van der Waals surface area contributed by atoms with Crippen LogP contribution < -0.4 is 9.03 Å². The van der Waals surface area contributed by atoms with Crippen LogP contribution in [-0.2, 0) is 20.0 Å². The molecular weight excluding hydrogens is 336 g/mol. The summed E-state index contributed by atoms with van der Waals surface area (Å²) in [5, 5.41) is 0. The van der Waals surface area contributed by atoms with Crippen molar-refractivity contribution in [2.45, 2.75) is 4.90 Å². The van der Waals surface area contributed by atoms with Gasteiger partial charge in [-0.1, -0.05) is 36.4 Å². The lowest BCUT2D eigenvalue weighted by Gasteiger charge is -2.19. The Kier molecular flexibility index (Phi) is 5.40. The Hall–Kier alpha value is -1.90. The van der Waals surface area contributed by atoms with Gasteiger partial charge in [0.25, 0.3) is 0 Å². The molecule has 0 bridgehead atoms. The molecule has 2 rings (SSSR count). The number of sulfonamides is 2. The molecule has 0 radical (unpaired) electrons. The number of hydrogen-bond acceptors (Lipinski definition) is 4. The van der Waals surface area contributed by atoms with Gasteiger partial charge in [-0.3, -0.25) is 4.31 Å². The molecule has 0 aliphatic heterocycles. The van der Waals surface area contributed by atoms with Gasteiger partial charge in [0.1, 0.15) is 0 Å². The third-order valence-electron chi connectivity index (χ3n) is 3.24. The highest BCUT2D eigenvalue weighted by Crippen LogP contribution is 2.15. The van der Waals surface area contributed by atoms with Crippen LogP contribution in [0.1, 0.15) is 0 Å². The van der Waals surface area contributed by atoms with Crippen LogP contribution in [-0.4, -0.2) is 36.2 Å². The van der Waals surface area contributed by atoms with Gasteiger partial charge in [0, 0.05) is 13.6 Å². The van der Waals surface area contributed by atoms with Crippen LogP contribution in [0.15, 0.2) is 65.6 Å². The summed E-state index contributed by atoms with van der Waals surface area (Å²) in [7, 11) is -5.88. The molecule has 0 fully saturated rings. The quantitative estimate of drug-likeness (QED) is 0.815. The fraction of sp³-hybridized carbons (Fsp3) is 0.200. The van der Waals surface area contributed by atoms with Crippen LogP contribution in [0, 0.1) is 0 Å². The molecule has 0 aliphatic rings. The third kappa shape index (κ3) is 4.54. The number of hydrogen-bond donors (Lipinski definition) is 1. The Balaban J connectivity index is 2.00. The zero-order valence-electron chi connectivity index (χ0n) is 12.6. The van der Waals surface area contributed by atoms with Gasteiger partial charge in [-0.2, -0.15) is 0 Å². The predicted octanol–water partition coefficient (Wildman–Crippen LogP) is 1.43. The molecule has 2 aromatic carbocycles. The summed E-state index contributed by atoms with van der Waals surface area (Å²) in [6.07, 6.45) is 0. The minimum absolute atomic E-state index is 0.105. The largest absolute Gasteiger partial charge is 0.273 e. The van der Waals surface area contributed by atoms with E-state index in [0.717, 1.165) is 4.31 Å². The lowest BCUT2D eigenvalue weighted by atomic mass is 10.3. The fourth-order valence-electron chi connectivity index (χ4n) is 1.92. The molecule has 23 heavy (non-hydrogen) atoms. The molecule has 1 N–H and O–H groups in total. The molecule has 0 aliphatic carbocycles. The monoisotopic (exact) mass is 354 g/mol. The van der Waals surface area contributed by atoms with Crippen molar-refractivity contribution < 1.29 is 16.8 Å². The van der Waals surface area contributed by atoms with E-state index in [4.69, 9.17) is 0 Å². The zero-order chi connectivity index (χ0) is 16.9. The van der Waals surface area contributed by atoms with Crippen molar-refractivity contribution in [3.8, 4) is 0 Å². The van der Waals surface area contributed by atoms with E-state index in [2.05, 4.69) is 4.72 Å². The fourth-order valence-corrected chi connectivity index (χ4v) is 4.18. The van der Waals surface area contributed by atoms with Crippen molar-refractivity contribution in [3.63, 3.8) is 0 Å². The van der Waals surface area contributed by atoms with Crippen LogP contribution in [0.3, 0.4) is 0 Å². The second-order valence-corrected chi connectivity index (χ2v) is 8.72. The number of rotatable bonds is 7. The summed E-state index contributed by atoms with van der Waals surface area (Å²) in [4.78, 5) is 0.105. The van der Waals surface area contributed by atoms with E-state index in [1.54, 1.807) is 48.5 Å². The summed E-state index contributed by atoms with van der Waals surface area (Å²) >= 11 is 0. The van der Waals surface area contributed by atoms with E-state index in [1.165, 1.54) is 19.2 Å². The average molecular weight is 354 g/mol. The smallest absolute Gasteiger partial charge is 0.240 e. The van der Waals surface area contributed by atoms with Crippen molar-refractivity contribution in [1.29, 1.82) is 0 Å². The lowest BCUT2D eigenvalue weighted by molar-refractivity contribution is 0.580.